The van der Waals surface area contributed by atoms with E-state index in [1.165, 1.54) is 13.0 Å². The Morgan fingerprint density at radius 3 is 2.33 bits per heavy atom. The molecule has 9 heteroatoms. The number of aliphatic imine (C=N–C) groups is 1. The fourth-order valence-electron chi connectivity index (χ4n) is 3.14. The number of anilines is 1. The van der Waals surface area contributed by atoms with Crippen molar-refractivity contribution < 1.29 is 18.0 Å². The van der Waals surface area contributed by atoms with Gasteiger partial charge in [0, 0.05) is 37.8 Å². The maximum atomic E-state index is 12.2. The van der Waals surface area contributed by atoms with E-state index in [0.717, 1.165) is 24.1 Å². The van der Waals surface area contributed by atoms with Crippen molar-refractivity contribution in [3.8, 4) is 0 Å². The second-order valence-electron chi connectivity index (χ2n) is 7.10. The molecular formula is C21H28N4O4S. The first-order valence-corrected chi connectivity index (χ1v) is 11.5. The van der Waals surface area contributed by atoms with Gasteiger partial charge in [-0.25, -0.2) is 18.1 Å². The van der Waals surface area contributed by atoms with Crippen LogP contribution in [-0.2, 0) is 19.6 Å². The Bertz CT molecular complexity index is 1020. The maximum absolute atomic E-state index is 12.2. The van der Waals surface area contributed by atoms with E-state index in [0.29, 0.717) is 30.1 Å². The number of benzene rings is 1. The number of nitrogens with one attached hydrogen (secondary N) is 2. The molecule has 0 unspecified atom stereocenters. The molecule has 2 rings (SSSR count). The maximum Gasteiger partial charge on any atom is 0.221 e. The standard InChI is InChI=1S/C21H28N4O4S/c1-6-25(12-11-22-30(5,28)29)18-9-7-17(8-10-18)24-20-14(2)13-19(27)21(15(20)3)23-16(4)26/h7-10,13,22H,6,11-12H2,1-5H3,(H,23,26). The van der Waals surface area contributed by atoms with E-state index in [1.807, 2.05) is 38.1 Å². The van der Waals surface area contributed by atoms with Crippen molar-refractivity contribution in [1.82, 2.24) is 10.0 Å². The van der Waals surface area contributed by atoms with E-state index in [2.05, 4.69) is 19.9 Å². The average molecular weight is 433 g/mol. The number of carbonyl (C=O) groups is 2. The van der Waals surface area contributed by atoms with Gasteiger partial charge in [0.1, 0.15) is 0 Å². The molecule has 1 aliphatic carbocycles. The Balaban J connectivity index is 2.23. The normalized spacial score (nSPS) is 16.0. The molecule has 1 amide bonds. The van der Waals surface area contributed by atoms with E-state index in [4.69, 9.17) is 0 Å². The number of hydrogen-bond donors (Lipinski definition) is 2. The number of ketones is 1. The number of amides is 1. The molecule has 30 heavy (non-hydrogen) atoms. The van der Waals surface area contributed by atoms with Crippen LogP contribution in [0.3, 0.4) is 0 Å². The summed E-state index contributed by atoms with van der Waals surface area (Å²) in [5.74, 6) is -0.546. The predicted molar refractivity (Wildman–Crippen MR) is 120 cm³/mol. The average Bonchev–Trinajstić information content (AvgIpc) is 2.65. The van der Waals surface area contributed by atoms with Crippen molar-refractivity contribution in [2.45, 2.75) is 27.7 Å². The smallest absolute Gasteiger partial charge is 0.221 e. The zero-order valence-electron chi connectivity index (χ0n) is 17.9. The predicted octanol–water partition coefficient (Wildman–Crippen LogP) is 2.07. The molecular weight excluding hydrogens is 404 g/mol. The summed E-state index contributed by atoms with van der Waals surface area (Å²) in [7, 11) is -3.21. The summed E-state index contributed by atoms with van der Waals surface area (Å²) in [5, 5.41) is 2.59. The topological polar surface area (TPSA) is 108 Å². The van der Waals surface area contributed by atoms with Gasteiger partial charge in [-0.2, -0.15) is 0 Å². The van der Waals surface area contributed by atoms with Crippen LogP contribution in [0.4, 0.5) is 11.4 Å². The van der Waals surface area contributed by atoms with Gasteiger partial charge in [0.15, 0.2) is 0 Å². The van der Waals surface area contributed by atoms with Gasteiger partial charge < -0.3 is 10.2 Å². The molecule has 1 aromatic carbocycles. The summed E-state index contributed by atoms with van der Waals surface area (Å²) in [6.45, 7) is 8.53. The van der Waals surface area contributed by atoms with Gasteiger partial charge in [0.2, 0.25) is 21.7 Å². The third-order valence-corrected chi connectivity index (χ3v) is 5.31. The van der Waals surface area contributed by atoms with Gasteiger partial charge >= 0.3 is 0 Å². The highest BCUT2D eigenvalue weighted by Gasteiger charge is 2.22. The minimum atomic E-state index is -3.21. The molecule has 162 valence electrons. The number of likely N-dealkylation sites (N-methyl/N-ethyl adjacent to an activating group) is 1. The van der Waals surface area contributed by atoms with Crippen molar-refractivity contribution in [3.05, 3.63) is 47.2 Å². The lowest BCUT2D eigenvalue weighted by Crippen LogP contribution is -2.34. The molecule has 0 heterocycles. The molecule has 0 bridgehead atoms. The number of allylic oxidation sites excluding steroid dienone is 3. The lowest BCUT2D eigenvalue weighted by atomic mass is 9.94. The summed E-state index contributed by atoms with van der Waals surface area (Å²) >= 11 is 0. The van der Waals surface area contributed by atoms with Crippen molar-refractivity contribution in [1.29, 1.82) is 0 Å². The van der Waals surface area contributed by atoms with E-state index < -0.39 is 10.0 Å². The number of rotatable bonds is 8. The molecule has 2 N–H and O–H groups in total. The number of sulfonamides is 1. The molecule has 8 nitrogen and oxygen atoms in total. The van der Waals surface area contributed by atoms with Crippen LogP contribution in [0.15, 0.2) is 52.2 Å². The van der Waals surface area contributed by atoms with Crippen LogP contribution in [0, 0.1) is 0 Å². The Kier molecular flexibility index (Phi) is 7.69. The lowest BCUT2D eigenvalue weighted by Gasteiger charge is -2.23. The zero-order chi connectivity index (χ0) is 22.5. The first kappa shape index (κ1) is 23.5. The summed E-state index contributed by atoms with van der Waals surface area (Å²) in [4.78, 5) is 30.3. The van der Waals surface area contributed by atoms with Gasteiger partial charge in [-0.05, 0) is 56.7 Å². The molecule has 0 aromatic heterocycles. The van der Waals surface area contributed by atoms with Crippen molar-refractivity contribution in [2.24, 2.45) is 4.99 Å². The van der Waals surface area contributed by atoms with Crippen molar-refractivity contribution in [3.63, 3.8) is 0 Å². The SMILES string of the molecule is CCN(CCNS(C)(=O)=O)c1ccc(N=C2C(C)=CC(=O)C(NC(C)=O)=C2C)cc1. The third kappa shape index (κ3) is 6.36. The number of carbonyl (C=O) groups excluding carboxylic acids is 2. The molecule has 0 radical (unpaired) electrons. The van der Waals surface area contributed by atoms with Crippen LogP contribution >= 0.6 is 0 Å². The molecule has 0 spiro atoms. The van der Waals surface area contributed by atoms with E-state index in [-0.39, 0.29) is 17.4 Å². The summed E-state index contributed by atoms with van der Waals surface area (Å²) in [6, 6.07) is 7.57. The fraction of sp³-hybridized carbons (Fsp3) is 0.381. The van der Waals surface area contributed by atoms with Gasteiger partial charge in [-0.1, -0.05) is 0 Å². The molecule has 0 atom stereocenters. The fourth-order valence-corrected chi connectivity index (χ4v) is 3.60. The highest BCUT2D eigenvalue weighted by atomic mass is 32.2. The summed E-state index contributed by atoms with van der Waals surface area (Å²) in [6.07, 6.45) is 2.61. The highest BCUT2D eigenvalue weighted by molar-refractivity contribution is 7.88. The minimum absolute atomic E-state index is 0.240. The summed E-state index contributed by atoms with van der Waals surface area (Å²) < 4.78 is 25.0. The van der Waals surface area contributed by atoms with Gasteiger partial charge in [0.25, 0.3) is 0 Å². The first-order valence-electron chi connectivity index (χ1n) is 9.62. The Hall–Kier alpha value is -2.78. The molecule has 0 saturated heterocycles. The third-order valence-electron chi connectivity index (χ3n) is 4.58. The van der Waals surface area contributed by atoms with E-state index in [1.54, 1.807) is 6.92 Å². The molecule has 0 fully saturated rings. The van der Waals surface area contributed by atoms with Crippen LogP contribution < -0.4 is 14.9 Å². The second-order valence-corrected chi connectivity index (χ2v) is 8.93. The molecule has 0 aliphatic heterocycles. The number of nitrogens with zero attached hydrogens (tertiary/aromatic N) is 2. The number of hydrogen-bond acceptors (Lipinski definition) is 6. The zero-order valence-corrected chi connectivity index (χ0v) is 18.8. The van der Waals surface area contributed by atoms with Gasteiger partial charge in [-0.15, -0.1) is 0 Å². The first-order chi connectivity index (χ1) is 14.0. The highest BCUT2D eigenvalue weighted by Crippen LogP contribution is 2.25. The summed E-state index contributed by atoms with van der Waals surface area (Å²) in [5.41, 5.74) is 3.92. The molecule has 1 aromatic rings. The van der Waals surface area contributed by atoms with Crippen LogP contribution in [0.25, 0.3) is 0 Å². The molecule has 0 saturated carbocycles. The van der Waals surface area contributed by atoms with Crippen molar-refractivity contribution in [2.75, 3.05) is 30.8 Å². The molecule has 1 aliphatic rings. The minimum Gasteiger partial charge on any atom is -0.370 e. The van der Waals surface area contributed by atoms with Crippen LogP contribution in [-0.4, -0.2) is 51.7 Å². The Morgan fingerprint density at radius 1 is 1.17 bits per heavy atom. The second kappa shape index (κ2) is 9.82. The quantitative estimate of drug-likeness (QED) is 0.612. The van der Waals surface area contributed by atoms with Crippen LogP contribution in [0.1, 0.15) is 27.7 Å². The van der Waals surface area contributed by atoms with Gasteiger partial charge in [-0.3, -0.25) is 9.59 Å². The lowest BCUT2D eigenvalue weighted by molar-refractivity contribution is -0.120. The van der Waals surface area contributed by atoms with Crippen molar-refractivity contribution >= 4 is 38.8 Å². The monoisotopic (exact) mass is 432 g/mol. The largest absolute Gasteiger partial charge is 0.370 e. The Morgan fingerprint density at radius 2 is 1.80 bits per heavy atom. The Labute approximate surface area is 177 Å². The van der Waals surface area contributed by atoms with Crippen LogP contribution in [0.5, 0.6) is 0 Å². The van der Waals surface area contributed by atoms with Crippen LogP contribution in [0.2, 0.25) is 0 Å². The van der Waals surface area contributed by atoms with Gasteiger partial charge in [0.05, 0.1) is 23.4 Å². The van der Waals surface area contributed by atoms with E-state index >= 15 is 0 Å². The van der Waals surface area contributed by atoms with E-state index in [9.17, 15) is 18.0 Å².